The number of rotatable bonds is 6. The highest BCUT2D eigenvalue weighted by Gasteiger charge is 2.39. The van der Waals surface area contributed by atoms with Gasteiger partial charge in [-0.2, -0.15) is 11.8 Å². The second kappa shape index (κ2) is 6.64. The summed E-state index contributed by atoms with van der Waals surface area (Å²) in [6.07, 6.45) is 4.33. The molecule has 0 radical (unpaired) electrons. The standard InChI is InChI=1S/C13H26N2OS/c1-6-7-11-13(16)15(8-10(4)17-5)12(14-11)9(2)3/h9-12,14H,6-8H2,1-5H3. The molecule has 1 aliphatic heterocycles. The van der Waals surface area contributed by atoms with Gasteiger partial charge >= 0.3 is 0 Å². The van der Waals surface area contributed by atoms with E-state index >= 15 is 0 Å². The molecular formula is C13H26N2OS. The Labute approximate surface area is 110 Å². The number of thioether (sulfide) groups is 1. The van der Waals surface area contributed by atoms with Crippen LogP contribution < -0.4 is 5.32 Å². The second-order valence-corrected chi connectivity index (χ2v) is 6.51. The Morgan fingerprint density at radius 1 is 1.41 bits per heavy atom. The van der Waals surface area contributed by atoms with Gasteiger partial charge in [0.2, 0.25) is 5.91 Å². The normalized spacial score (nSPS) is 26.9. The minimum absolute atomic E-state index is 0.0430. The number of nitrogens with one attached hydrogen (secondary N) is 1. The van der Waals surface area contributed by atoms with Crippen molar-refractivity contribution in [2.45, 2.75) is 58.0 Å². The molecule has 1 N–H and O–H groups in total. The van der Waals surface area contributed by atoms with Crippen molar-refractivity contribution >= 4 is 17.7 Å². The van der Waals surface area contributed by atoms with Crippen LogP contribution in [-0.2, 0) is 4.79 Å². The van der Waals surface area contributed by atoms with Crippen LogP contribution in [-0.4, -0.2) is 41.1 Å². The molecule has 17 heavy (non-hydrogen) atoms. The Hall–Kier alpha value is -0.220. The fraction of sp³-hybridized carbons (Fsp3) is 0.923. The van der Waals surface area contributed by atoms with Gasteiger partial charge in [0, 0.05) is 11.8 Å². The highest BCUT2D eigenvalue weighted by atomic mass is 32.2. The number of carbonyl (C=O) groups is 1. The van der Waals surface area contributed by atoms with Gasteiger partial charge in [0.15, 0.2) is 0 Å². The Balaban J connectivity index is 2.72. The average Bonchev–Trinajstić information content (AvgIpc) is 2.58. The van der Waals surface area contributed by atoms with E-state index in [-0.39, 0.29) is 12.2 Å². The highest BCUT2D eigenvalue weighted by molar-refractivity contribution is 7.99. The van der Waals surface area contributed by atoms with Crippen LogP contribution in [0.4, 0.5) is 0 Å². The van der Waals surface area contributed by atoms with Crippen molar-refractivity contribution in [1.82, 2.24) is 10.2 Å². The molecule has 1 amide bonds. The molecule has 3 atom stereocenters. The van der Waals surface area contributed by atoms with E-state index in [1.807, 2.05) is 16.7 Å². The number of nitrogens with zero attached hydrogens (tertiary/aromatic N) is 1. The Morgan fingerprint density at radius 2 is 2.06 bits per heavy atom. The molecule has 0 aromatic rings. The van der Waals surface area contributed by atoms with Gasteiger partial charge in [0.05, 0.1) is 12.2 Å². The van der Waals surface area contributed by atoms with E-state index < -0.39 is 0 Å². The van der Waals surface area contributed by atoms with Crippen LogP contribution in [0.3, 0.4) is 0 Å². The molecule has 3 unspecified atom stereocenters. The number of hydrogen-bond acceptors (Lipinski definition) is 3. The van der Waals surface area contributed by atoms with Crippen molar-refractivity contribution < 1.29 is 4.79 Å². The predicted octanol–water partition coefficient (Wildman–Crippen LogP) is 2.32. The van der Waals surface area contributed by atoms with Crippen molar-refractivity contribution in [2.24, 2.45) is 5.92 Å². The molecular weight excluding hydrogens is 232 g/mol. The molecule has 0 aliphatic carbocycles. The topological polar surface area (TPSA) is 32.3 Å². The third-order valence-electron chi connectivity index (χ3n) is 3.35. The molecule has 1 rings (SSSR count). The van der Waals surface area contributed by atoms with Gasteiger partial charge in [-0.15, -0.1) is 0 Å². The molecule has 1 aliphatic rings. The summed E-state index contributed by atoms with van der Waals surface area (Å²) in [4.78, 5) is 14.4. The van der Waals surface area contributed by atoms with E-state index in [4.69, 9.17) is 0 Å². The number of hydrogen-bond donors (Lipinski definition) is 1. The molecule has 4 heteroatoms. The van der Waals surface area contributed by atoms with Crippen molar-refractivity contribution in [3.8, 4) is 0 Å². The van der Waals surface area contributed by atoms with Crippen molar-refractivity contribution in [1.29, 1.82) is 0 Å². The molecule has 1 saturated heterocycles. The first-order valence-corrected chi connectivity index (χ1v) is 7.89. The minimum atomic E-state index is 0.0430. The van der Waals surface area contributed by atoms with Gasteiger partial charge < -0.3 is 4.90 Å². The van der Waals surface area contributed by atoms with Gasteiger partial charge in [-0.25, -0.2) is 0 Å². The van der Waals surface area contributed by atoms with E-state index in [9.17, 15) is 4.79 Å². The smallest absolute Gasteiger partial charge is 0.241 e. The SMILES string of the molecule is CCCC1NC(C(C)C)N(CC(C)SC)C1=O. The monoisotopic (exact) mass is 258 g/mol. The zero-order valence-electron chi connectivity index (χ0n) is 11.7. The molecule has 3 nitrogen and oxygen atoms in total. The minimum Gasteiger partial charge on any atom is -0.324 e. The molecule has 0 bridgehead atoms. The largest absolute Gasteiger partial charge is 0.324 e. The predicted molar refractivity (Wildman–Crippen MR) is 75.1 cm³/mol. The van der Waals surface area contributed by atoms with Gasteiger partial charge in [0.25, 0.3) is 0 Å². The maximum Gasteiger partial charge on any atom is 0.241 e. The zero-order chi connectivity index (χ0) is 13.0. The first kappa shape index (κ1) is 14.8. The third kappa shape index (κ3) is 3.62. The molecule has 100 valence electrons. The lowest BCUT2D eigenvalue weighted by Gasteiger charge is -2.29. The zero-order valence-corrected chi connectivity index (χ0v) is 12.5. The van der Waals surface area contributed by atoms with E-state index in [0.717, 1.165) is 19.4 Å². The average molecular weight is 258 g/mol. The van der Waals surface area contributed by atoms with E-state index in [0.29, 0.717) is 17.1 Å². The summed E-state index contributed by atoms with van der Waals surface area (Å²) in [6, 6.07) is 0.0430. The van der Waals surface area contributed by atoms with E-state index in [1.165, 1.54) is 0 Å². The molecule has 0 spiro atoms. The van der Waals surface area contributed by atoms with Crippen LogP contribution in [0.25, 0.3) is 0 Å². The number of carbonyl (C=O) groups excluding carboxylic acids is 1. The Kier molecular flexibility index (Phi) is 5.80. The van der Waals surface area contributed by atoms with Crippen LogP contribution >= 0.6 is 11.8 Å². The molecule has 1 heterocycles. The van der Waals surface area contributed by atoms with Crippen LogP contribution in [0.15, 0.2) is 0 Å². The Bertz CT molecular complexity index is 258. The summed E-state index contributed by atoms with van der Waals surface area (Å²) in [5, 5.41) is 3.99. The Morgan fingerprint density at radius 3 is 2.53 bits per heavy atom. The molecule has 1 fully saturated rings. The molecule has 0 aromatic carbocycles. The second-order valence-electron chi connectivity index (χ2n) is 5.23. The van der Waals surface area contributed by atoms with Crippen molar-refractivity contribution in [3.05, 3.63) is 0 Å². The summed E-state index contributed by atoms with van der Waals surface area (Å²) in [7, 11) is 0. The quantitative estimate of drug-likeness (QED) is 0.793. The van der Waals surface area contributed by atoms with Crippen LogP contribution in [0.5, 0.6) is 0 Å². The highest BCUT2D eigenvalue weighted by Crippen LogP contribution is 2.22. The molecule has 0 aromatic heterocycles. The maximum absolute atomic E-state index is 12.3. The van der Waals surface area contributed by atoms with Gasteiger partial charge in [-0.1, -0.05) is 34.1 Å². The van der Waals surface area contributed by atoms with E-state index in [2.05, 4.69) is 39.3 Å². The van der Waals surface area contributed by atoms with Crippen LogP contribution in [0.1, 0.15) is 40.5 Å². The first-order valence-electron chi connectivity index (χ1n) is 6.60. The fourth-order valence-corrected chi connectivity index (χ4v) is 2.62. The fourth-order valence-electron chi connectivity index (χ4n) is 2.31. The number of amides is 1. The van der Waals surface area contributed by atoms with Crippen LogP contribution in [0.2, 0.25) is 0 Å². The summed E-state index contributed by atoms with van der Waals surface area (Å²) in [6.45, 7) is 9.52. The van der Waals surface area contributed by atoms with Gasteiger partial charge in [-0.3, -0.25) is 10.1 Å². The first-order chi connectivity index (χ1) is 8.01. The van der Waals surface area contributed by atoms with Gasteiger partial charge in [-0.05, 0) is 18.6 Å². The van der Waals surface area contributed by atoms with Crippen molar-refractivity contribution in [3.63, 3.8) is 0 Å². The van der Waals surface area contributed by atoms with Gasteiger partial charge in [0.1, 0.15) is 0 Å². The summed E-state index contributed by atoms with van der Waals surface area (Å²) >= 11 is 1.82. The van der Waals surface area contributed by atoms with Crippen molar-refractivity contribution in [2.75, 3.05) is 12.8 Å². The van der Waals surface area contributed by atoms with E-state index in [1.54, 1.807) is 0 Å². The summed E-state index contributed by atoms with van der Waals surface area (Å²) < 4.78 is 0. The lowest BCUT2D eigenvalue weighted by molar-refractivity contribution is -0.130. The maximum atomic E-state index is 12.3. The lowest BCUT2D eigenvalue weighted by atomic mass is 10.1. The van der Waals surface area contributed by atoms with Crippen LogP contribution in [0, 0.1) is 5.92 Å². The molecule has 0 saturated carbocycles. The third-order valence-corrected chi connectivity index (χ3v) is 4.31. The lowest BCUT2D eigenvalue weighted by Crippen LogP contribution is -2.43. The summed E-state index contributed by atoms with van der Waals surface area (Å²) in [5.41, 5.74) is 0. The summed E-state index contributed by atoms with van der Waals surface area (Å²) in [5.74, 6) is 0.765.